The number of likely N-dealkylation sites (N-methyl/N-ethyl adjacent to an activating group) is 1. The van der Waals surface area contributed by atoms with Crippen molar-refractivity contribution in [1.29, 1.82) is 0 Å². The Bertz CT molecular complexity index is 415. The molecule has 0 aliphatic carbocycles. The number of aliphatic hydroxyl groups is 1. The molecule has 5 heteroatoms. The molecule has 1 atom stereocenters. The van der Waals surface area contributed by atoms with Crippen molar-refractivity contribution < 1.29 is 19.4 Å². The lowest BCUT2D eigenvalue weighted by Crippen LogP contribution is -2.53. The normalized spacial score (nSPS) is 22.2. The zero-order valence-corrected chi connectivity index (χ0v) is 11.0. The Hall–Kier alpha value is -1.59. The topological polar surface area (TPSA) is 59.0 Å². The van der Waals surface area contributed by atoms with Crippen molar-refractivity contribution in [3.05, 3.63) is 35.9 Å². The fourth-order valence-electron chi connectivity index (χ4n) is 2.10. The lowest BCUT2D eigenvalue weighted by Gasteiger charge is -2.34. The molecule has 1 aromatic carbocycles. The van der Waals surface area contributed by atoms with Crippen molar-refractivity contribution in [2.45, 2.75) is 18.6 Å². The molecule has 1 saturated heterocycles. The van der Waals surface area contributed by atoms with Gasteiger partial charge in [-0.15, -0.1) is 0 Å². The summed E-state index contributed by atoms with van der Waals surface area (Å²) < 4.78 is 10.5. The van der Waals surface area contributed by atoms with E-state index in [0.29, 0.717) is 19.6 Å². The molecule has 1 amide bonds. The molecule has 1 unspecified atom stereocenters. The molecular weight excluding hydrogens is 246 g/mol. The fraction of sp³-hybridized carbons (Fsp3) is 0.500. The van der Waals surface area contributed by atoms with Crippen molar-refractivity contribution in [1.82, 2.24) is 4.90 Å². The van der Waals surface area contributed by atoms with E-state index in [-0.39, 0.29) is 13.2 Å². The number of benzene rings is 1. The van der Waals surface area contributed by atoms with Crippen LogP contribution in [0.2, 0.25) is 0 Å². The number of rotatable bonds is 4. The van der Waals surface area contributed by atoms with Crippen LogP contribution in [0.1, 0.15) is 12.0 Å². The van der Waals surface area contributed by atoms with E-state index in [4.69, 9.17) is 9.47 Å². The third-order valence-electron chi connectivity index (χ3n) is 3.57. The molecular formula is C14H19NO4. The zero-order valence-electron chi connectivity index (χ0n) is 11.0. The highest BCUT2D eigenvalue weighted by Crippen LogP contribution is 2.25. The van der Waals surface area contributed by atoms with Crippen LogP contribution in [0.15, 0.2) is 30.3 Å². The Kier molecular flexibility index (Phi) is 4.39. The highest BCUT2D eigenvalue weighted by atomic mass is 16.6. The van der Waals surface area contributed by atoms with Crippen molar-refractivity contribution >= 4 is 6.09 Å². The molecule has 0 bridgehead atoms. The molecule has 0 radical (unpaired) electrons. The summed E-state index contributed by atoms with van der Waals surface area (Å²) in [6.07, 6.45) is 0.184. The summed E-state index contributed by atoms with van der Waals surface area (Å²) in [5.74, 6) is 0. The predicted octanol–water partition coefficient (Wildman–Crippen LogP) is 1.41. The van der Waals surface area contributed by atoms with E-state index in [1.165, 1.54) is 4.90 Å². The van der Waals surface area contributed by atoms with Gasteiger partial charge in [0.05, 0.1) is 18.8 Å². The third-order valence-corrected chi connectivity index (χ3v) is 3.57. The lowest BCUT2D eigenvalue weighted by molar-refractivity contribution is 0.0213. The van der Waals surface area contributed by atoms with Crippen LogP contribution in [0, 0.1) is 0 Å². The monoisotopic (exact) mass is 265 g/mol. The van der Waals surface area contributed by atoms with Crippen LogP contribution >= 0.6 is 0 Å². The number of hydrogen-bond donors (Lipinski definition) is 1. The molecule has 19 heavy (non-hydrogen) atoms. The van der Waals surface area contributed by atoms with Gasteiger partial charge in [-0.3, -0.25) is 0 Å². The maximum atomic E-state index is 12.0. The van der Waals surface area contributed by atoms with Crippen LogP contribution in [0.5, 0.6) is 0 Å². The summed E-state index contributed by atoms with van der Waals surface area (Å²) in [4.78, 5) is 13.5. The minimum absolute atomic E-state index is 0.121. The number of carbonyl (C=O) groups excluding carboxylic acids is 1. The van der Waals surface area contributed by atoms with Gasteiger partial charge in [-0.05, 0) is 12.0 Å². The quantitative estimate of drug-likeness (QED) is 0.894. The molecule has 0 saturated carbocycles. The van der Waals surface area contributed by atoms with Gasteiger partial charge in [0.25, 0.3) is 0 Å². The molecule has 1 aliphatic heterocycles. The zero-order chi connectivity index (χ0) is 13.7. The van der Waals surface area contributed by atoms with E-state index in [1.807, 2.05) is 30.3 Å². The molecule has 5 nitrogen and oxygen atoms in total. The van der Waals surface area contributed by atoms with Gasteiger partial charge in [-0.1, -0.05) is 30.3 Å². The summed E-state index contributed by atoms with van der Waals surface area (Å²) in [7, 11) is 1.64. The number of amides is 1. The van der Waals surface area contributed by atoms with Crippen LogP contribution in [0.4, 0.5) is 4.79 Å². The minimum Gasteiger partial charge on any atom is -0.445 e. The van der Waals surface area contributed by atoms with Gasteiger partial charge in [0.15, 0.2) is 0 Å². The number of ether oxygens (including phenoxy) is 2. The van der Waals surface area contributed by atoms with Gasteiger partial charge >= 0.3 is 6.09 Å². The molecule has 1 aromatic rings. The first-order valence-corrected chi connectivity index (χ1v) is 6.31. The van der Waals surface area contributed by atoms with E-state index < -0.39 is 11.6 Å². The molecule has 1 fully saturated rings. The Morgan fingerprint density at radius 1 is 1.47 bits per heavy atom. The highest BCUT2D eigenvalue weighted by molar-refractivity contribution is 5.68. The minimum atomic E-state index is -0.645. The molecule has 2 rings (SSSR count). The Morgan fingerprint density at radius 3 is 2.79 bits per heavy atom. The summed E-state index contributed by atoms with van der Waals surface area (Å²) >= 11 is 0. The maximum Gasteiger partial charge on any atom is 0.410 e. The van der Waals surface area contributed by atoms with E-state index in [2.05, 4.69) is 0 Å². The lowest BCUT2D eigenvalue weighted by atomic mass is 9.99. The first kappa shape index (κ1) is 13.8. The number of hydrogen-bond acceptors (Lipinski definition) is 4. The van der Waals surface area contributed by atoms with Crippen LogP contribution in [0.25, 0.3) is 0 Å². The smallest absolute Gasteiger partial charge is 0.410 e. The van der Waals surface area contributed by atoms with Crippen molar-refractivity contribution in [3.63, 3.8) is 0 Å². The second-order valence-corrected chi connectivity index (χ2v) is 4.78. The highest BCUT2D eigenvalue weighted by Gasteiger charge is 2.41. The average Bonchev–Trinajstić information content (AvgIpc) is 2.95. The molecule has 1 aliphatic rings. The van der Waals surface area contributed by atoms with Gasteiger partial charge in [0, 0.05) is 13.7 Å². The molecule has 0 spiro atoms. The molecule has 104 valence electrons. The Morgan fingerprint density at radius 2 is 2.21 bits per heavy atom. The first-order valence-electron chi connectivity index (χ1n) is 6.31. The van der Waals surface area contributed by atoms with Crippen LogP contribution < -0.4 is 0 Å². The first-order chi connectivity index (χ1) is 9.18. The van der Waals surface area contributed by atoms with E-state index in [0.717, 1.165) is 5.56 Å². The number of carbonyl (C=O) groups is 1. The maximum absolute atomic E-state index is 12.0. The van der Waals surface area contributed by atoms with Crippen LogP contribution in [-0.4, -0.2) is 48.5 Å². The number of nitrogens with zero attached hydrogens (tertiary/aromatic N) is 1. The summed E-state index contributed by atoms with van der Waals surface area (Å²) in [5.41, 5.74) is 0.290. The SMILES string of the molecule is CN(C(=O)OCc1ccccc1)C1(CO)CCOC1. The summed E-state index contributed by atoms with van der Waals surface area (Å²) in [5, 5.41) is 9.49. The standard InChI is InChI=1S/C14H19NO4/c1-15(14(10-16)7-8-18-11-14)13(17)19-9-12-5-3-2-4-6-12/h2-6,16H,7-11H2,1H3. The van der Waals surface area contributed by atoms with Crippen molar-refractivity contribution in [2.75, 3.05) is 26.9 Å². The summed E-state index contributed by atoms with van der Waals surface area (Å²) in [6, 6.07) is 9.50. The van der Waals surface area contributed by atoms with E-state index in [1.54, 1.807) is 7.05 Å². The van der Waals surface area contributed by atoms with E-state index in [9.17, 15) is 9.90 Å². The van der Waals surface area contributed by atoms with Crippen molar-refractivity contribution in [3.8, 4) is 0 Å². The second kappa shape index (κ2) is 6.04. The van der Waals surface area contributed by atoms with Crippen molar-refractivity contribution in [2.24, 2.45) is 0 Å². The predicted molar refractivity (Wildman–Crippen MR) is 69.6 cm³/mol. The molecule has 1 heterocycles. The third kappa shape index (κ3) is 3.05. The summed E-state index contributed by atoms with van der Waals surface area (Å²) in [6.45, 7) is 1.01. The second-order valence-electron chi connectivity index (χ2n) is 4.78. The van der Waals surface area contributed by atoms with Gasteiger partial charge < -0.3 is 19.5 Å². The van der Waals surface area contributed by atoms with Gasteiger partial charge in [0.2, 0.25) is 0 Å². The fourth-order valence-corrected chi connectivity index (χ4v) is 2.10. The number of aliphatic hydroxyl groups excluding tert-OH is 1. The van der Waals surface area contributed by atoms with Crippen LogP contribution in [-0.2, 0) is 16.1 Å². The molecule has 0 aromatic heterocycles. The molecule has 1 N–H and O–H groups in total. The Labute approximate surface area is 112 Å². The van der Waals surface area contributed by atoms with Crippen LogP contribution in [0.3, 0.4) is 0 Å². The largest absolute Gasteiger partial charge is 0.445 e. The van der Waals surface area contributed by atoms with Gasteiger partial charge in [-0.25, -0.2) is 4.79 Å². The van der Waals surface area contributed by atoms with E-state index >= 15 is 0 Å². The average molecular weight is 265 g/mol. The van der Waals surface area contributed by atoms with Gasteiger partial charge in [-0.2, -0.15) is 0 Å². The Balaban J connectivity index is 1.92. The van der Waals surface area contributed by atoms with Gasteiger partial charge in [0.1, 0.15) is 6.61 Å².